The highest BCUT2D eigenvalue weighted by Crippen LogP contribution is 2.23. The third-order valence-electron chi connectivity index (χ3n) is 5.10. The number of hydrogen-bond donors (Lipinski definition) is 2. The number of rotatable bonds is 10. The lowest BCUT2D eigenvalue weighted by Gasteiger charge is -2.21. The summed E-state index contributed by atoms with van der Waals surface area (Å²) in [6.45, 7) is 4.58. The van der Waals surface area contributed by atoms with E-state index in [0.29, 0.717) is 12.8 Å². The van der Waals surface area contributed by atoms with Gasteiger partial charge < -0.3 is 15.4 Å². The highest BCUT2D eigenvalue weighted by molar-refractivity contribution is 6.08. The summed E-state index contributed by atoms with van der Waals surface area (Å²) in [5, 5.41) is 5.41. The van der Waals surface area contributed by atoms with Crippen molar-refractivity contribution in [3.8, 4) is 0 Å². The van der Waals surface area contributed by atoms with E-state index in [1.807, 2.05) is 44.2 Å². The van der Waals surface area contributed by atoms with E-state index in [4.69, 9.17) is 4.74 Å². The van der Waals surface area contributed by atoms with Crippen molar-refractivity contribution in [2.75, 3.05) is 13.2 Å². The predicted molar refractivity (Wildman–Crippen MR) is 107 cm³/mol. The molecule has 0 radical (unpaired) electrons. The molecule has 0 unspecified atom stereocenters. The Hall–Kier alpha value is -2.90. The fourth-order valence-electron chi connectivity index (χ4n) is 3.18. The largest absolute Gasteiger partial charge is 0.454 e. The number of hydrogen-bond acceptors (Lipinski definition) is 5. The first-order chi connectivity index (χ1) is 13.8. The summed E-state index contributed by atoms with van der Waals surface area (Å²) in [6.07, 6.45) is 2.57. The normalized spacial score (nSPS) is 18.7. The van der Waals surface area contributed by atoms with Crippen molar-refractivity contribution in [2.45, 2.75) is 58.0 Å². The number of nitrogens with one attached hydrogen (secondary N) is 2. The minimum atomic E-state index is -1.08. The second-order valence-electron chi connectivity index (χ2n) is 7.38. The number of carbonyl (C=O) groups is 4. The van der Waals surface area contributed by atoms with Crippen molar-refractivity contribution in [3.63, 3.8) is 0 Å². The third kappa shape index (κ3) is 6.04. The minimum absolute atomic E-state index is 0.0254. The van der Waals surface area contributed by atoms with Gasteiger partial charge in [-0.2, -0.15) is 0 Å². The Bertz CT molecular complexity index is 748. The highest BCUT2D eigenvalue weighted by Gasteiger charge is 2.48. The lowest BCUT2D eigenvalue weighted by molar-refractivity contribution is -0.151. The van der Waals surface area contributed by atoms with Gasteiger partial charge >= 0.3 is 12.0 Å². The van der Waals surface area contributed by atoms with E-state index in [2.05, 4.69) is 10.6 Å². The smallest absolute Gasteiger partial charge is 0.326 e. The van der Waals surface area contributed by atoms with Crippen LogP contribution < -0.4 is 10.6 Å². The molecule has 1 aromatic rings. The number of esters is 1. The average molecular weight is 403 g/mol. The molecule has 1 heterocycles. The molecule has 1 atom stereocenters. The molecule has 1 fully saturated rings. The molecule has 2 rings (SSSR count). The Kier molecular flexibility index (Phi) is 7.75. The highest BCUT2D eigenvalue weighted by atomic mass is 16.5. The molecule has 8 heteroatoms. The summed E-state index contributed by atoms with van der Waals surface area (Å²) in [6, 6.07) is 9.02. The van der Waals surface area contributed by atoms with Gasteiger partial charge in [-0.15, -0.1) is 0 Å². The van der Waals surface area contributed by atoms with Crippen LogP contribution in [-0.4, -0.2) is 53.4 Å². The first-order valence-electron chi connectivity index (χ1n) is 9.92. The Morgan fingerprint density at radius 1 is 1.17 bits per heavy atom. The summed E-state index contributed by atoms with van der Waals surface area (Å²) < 4.78 is 4.92. The molecule has 0 aromatic heterocycles. The zero-order chi connectivity index (χ0) is 21.4. The van der Waals surface area contributed by atoms with Crippen molar-refractivity contribution in [1.29, 1.82) is 0 Å². The van der Waals surface area contributed by atoms with Crippen molar-refractivity contribution in [3.05, 3.63) is 35.9 Å². The maximum absolute atomic E-state index is 12.7. The van der Waals surface area contributed by atoms with Crippen molar-refractivity contribution in [1.82, 2.24) is 15.5 Å². The molecule has 1 saturated heterocycles. The molecular formula is C21H29N3O5. The summed E-state index contributed by atoms with van der Waals surface area (Å²) in [7, 11) is 0. The maximum atomic E-state index is 12.7. The third-order valence-corrected chi connectivity index (χ3v) is 5.10. The molecule has 158 valence electrons. The van der Waals surface area contributed by atoms with Gasteiger partial charge in [0.2, 0.25) is 0 Å². The zero-order valence-electron chi connectivity index (χ0n) is 17.2. The predicted octanol–water partition coefficient (Wildman–Crippen LogP) is 1.78. The van der Waals surface area contributed by atoms with Gasteiger partial charge in [-0.3, -0.25) is 19.3 Å². The number of aryl methyl sites for hydroxylation is 1. The molecule has 1 aliphatic heterocycles. The minimum Gasteiger partial charge on any atom is -0.454 e. The number of amides is 4. The summed E-state index contributed by atoms with van der Waals surface area (Å²) in [4.78, 5) is 49.6. The summed E-state index contributed by atoms with van der Waals surface area (Å²) in [5.74, 6) is -1.69. The van der Waals surface area contributed by atoms with Crippen LogP contribution in [-0.2, 0) is 25.5 Å². The first-order valence-corrected chi connectivity index (χ1v) is 9.92. The number of imide groups is 1. The van der Waals surface area contributed by atoms with Crippen molar-refractivity contribution >= 4 is 23.8 Å². The van der Waals surface area contributed by atoms with Crippen LogP contribution in [0.15, 0.2) is 30.3 Å². The Balaban J connectivity index is 1.85. The van der Waals surface area contributed by atoms with E-state index in [-0.39, 0.29) is 6.04 Å². The van der Waals surface area contributed by atoms with Crippen LogP contribution in [0.3, 0.4) is 0 Å². The number of nitrogens with zero attached hydrogens (tertiary/aromatic N) is 1. The van der Waals surface area contributed by atoms with Crippen LogP contribution in [0.25, 0.3) is 0 Å². The maximum Gasteiger partial charge on any atom is 0.326 e. The number of carbonyl (C=O) groups excluding carboxylic acids is 4. The Labute approximate surface area is 171 Å². The van der Waals surface area contributed by atoms with E-state index in [9.17, 15) is 19.2 Å². The SMILES string of the molecule is CCC(CC)NC(=O)COC(=O)CN1C(=O)N[C@@](C)(CCc2ccccc2)C1=O. The van der Waals surface area contributed by atoms with Crippen LogP contribution in [0.4, 0.5) is 4.79 Å². The van der Waals surface area contributed by atoms with Crippen molar-refractivity contribution < 1.29 is 23.9 Å². The van der Waals surface area contributed by atoms with Crippen molar-refractivity contribution in [2.24, 2.45) is 0 Å². The molecule has 8 nitrogen and oxygen atoms in total. The van der Waals surface area contributed by atoms with Gasteiger partial charge in [0.25, 0.3) is 11.8 Å². The second kappa shape index (κ2) is 10.0. The van der Waals surface area contributed by atoms with Crippen LogP contribution >= 0.6 is 0 Å². The average Bonchev–Trinajstić information content (AvgIpc) is 2.93. The topological polar surface area (TPSA) is 105 Å². The van der Waals surface area contributed by atoms with Crippen LogP contribution in [0, 0.1) is 0 Å². The molecule has 1 aromatic carbocycles. The molecule has 1 aliphatic rings. The standard InChI is InChI=1S/C21H29N3O5/c1-4-16(5-2)22-17(25)14-29-18(26)13-24-19(27)21(3,23-20(24)28)12-11-15-9-7-6-8-10-15/h6-10,16H,4-5,11-14H2,1-3H3,(H,22,25)(H,23,28)/t21-/m0/s1. The fraction of sp³-hybridized carbons (Fsp3) is 0.524. The van der Waals surface area contributed by atoms with E-state index < -0.39 is 42.5 Å². The Morgan fingerprint density at radius 2 is 1.83 bits per heavy atom. The van der Waals surface area contributed by atoms with E-state index in [1.54, 1.807) is 6.92 Å². The van der Waals surface area contributed by atoms with Gasteiger partial charge in [0.1, 0.15) is 12.1 Å². The molecule has 0 bridgehead atoms. The van der Waals surface area contributed by atoms with Gasteiger partial charge in [-0.1, -0.05) is 44.2 Å². The van der Waals surface area contributed by atoms with Gasteiger partial charge in [0, 0.05) is 6.04 Å². The zero-order valence-corrected chi connectivity index (χ0v) is 17.2. The van der Waals surface area contributed by atoms with Gasteiger partial charge in [0.15, 0.2) is 6.61 Å². The molecule has 0 saturated carbocycles. The molecule has 0 spiro atoms. The molecule has 2 N–H and O–H groups in total. The van der Waals surface area contributed by atoms with Crippen LogP contribution in [0.5, 0.6) is 0 Å². The Morgan fingerprint density at radius 3 is 2.45 bits per heavy atom. The van der Waals surface area contributed by atoms with Crippen LogP contribution in [0.2, 0.25) is 0 Å². The molecule has 29 heavy (non-hydrogen) atoms. The van der Waals surface area contributed by atoms with Gasteiger partial charge in [0.05, 0.1) is 0 Å². The second-order valence-corrected chi connectivity index (χ2v) is 7.38. The summed E-state index contributed by atoms with van der Waals surface area (Å²) >= 11 is 0. The van der Waals surface area contributed by atoms with Gasteiger partial charge in [-0.25, -0.2) is 4.79 Å². The lowest BCUT2D eigenvalue weighted by atomic mass is 9.93. The first kappa shape index (κ1) is 22.4. The summed E-state index contributed by atoms with van der Waals surface area (Å²) in [5.41, 5.74) is -0.0304. The molecular weight excluding hydrogens is 374 g/mol. The van der Waals surface area contributed by atoms with E-state index in [0.717, 1.165) is 23.3 Å². The van der Waals surface area contributed by atoms with E-state index >= 15 is 0 Å². The lowest BCUT2D eigenvalue weighted by Crippen LogP contribution is -2.45. The fourth-order valence-corrected chi connectivity index (χ4v) is 3.18. The quantitative estimate of drug-likeness (QED) is 0.458. The van der Waals surface area contributed by atoms with Crippen LogP contribution in [0.1, 0.15) is 45.6 Å². The molecule has 4 amide bonds. The van der Waals surface area contributed by atoms with E-state index in [1.165, 1.54) is 0 Å². The molecule has 0 aliphatic carbocycles. The number of urea groups is 1. The number of benzene rings is 1. The number of ether oxygens (including phenoxy) is 1. The monoisotopic (exact) mass is 403 g/mol. The van der Waals surface area contributed by atoms with Gasteiger partial charge in [-0.05, 0) is 38.2 Å².